The Morgan fingerprint density at radius 2 is 1.90 bits per heavy atom. The Morgan fingerprint density at radius 3 is 2.61 bits per heavy atom. The molecule has 0 N–H and O–H groups in total. The highest BCUT2D eigenvalue weighted by Gasteiger charge is 2.28. The minimum atomic E-state index is -4.22. The molecule has 166 valence electrons. The first-order valence-electron chi connectivity index (χ1n) is 10.0. The number of aromatic nitrogens is 2. The summed E-state index contributed by atoms with van der Waals surface area (Å²) in [5.41, 5.74) is 2.66. The molecular formula is C21H24F3N5OS. The van der Waals surface area contributed by atoms with Gasteiger partial charge in [0.05, 0.1) is 12.0 Å². The largest absolute Gasteiger partial charge is 0.464 e. The van der Waals surface area contributed by atoms with Crippen LogP contribution in [0.5, 0.6) is 0 Å². The molecule has 4 rings (SSSR count). The molecule has 1 aromatic carbocycles. The van der Waals surface area contributed by atoms with Crippen LogP contribution in [0, 0.1) is 0 Å². The summed E-state index contributed by atoms with van der Waals surface area (Å²) < 4.78 is 47.9. The van der Waals surface area contributed by atoms with Crippen molar-refractivity contribution in [3.63, 3.8) is 0 Å². The fourth-order valence-corrected chi connectivity index (χ4v) is 4.34. The van der Waals surface area contributed by atoms with Crippen LogP contribution in [-0.4, -0.2) is 65.0 Å². The van der Waals surface area contributed by atoms with Crippen molar-refractivity contribution in [2.75, 3.05) is 45.2 Å². The topological polar surface area (TPSA) is 48.6 Å². The molecular weight excluding hydrogens is 427 g/mol. The monoisotopic (exact) mass is 451 g/mol. The third-order valence-corrected chi connectivity index (χ3v) is 5.93. The number of hydrogen-bond acceptors (Lipinski definition) is 7. The maximum atomic E-state index is 12.7. The van der Waals surface area contributed by atoms with Gasteiger partial charge in [-0.2, -0.15) is 13.2 Å². The first-order chi connectivity index (χ1) is 14.8. The Kier molecular flexibility index (Phi) is 6.40. The van der Waals surface area contributed by atoms with Crippen LogP contribution >= 0.6 is 12.1 Å². The standard InChI is InChI=1S/C21H24F3N5OS/c1-27(2)31-29-10-8-28(9-11-29)20-19(16-3-4-18-15(13-16)6-12-30-18)25-14-17(26-20)5-7-21(22,23)24/h3-4,6,12-14H,5,7-11H2,1-2H3. The van der Waals surface area contributed by atoms with Crippen LogP contribution in [0.15, 0.2) is 41.1 Å². The molecule has 10 heteroatoms. The average Bonchev–Trinajstić information content (AvgIpc) is 3.19. The van der Waals surface area contributed by atoms with Gasteiger partial charge in [0.25, 0.3) is 0 Å². The number of nitrogens with zero attached hydrogens (tertiary/aromatic N) is 5. The second kappa shape index (κ2) is 9.05. The van der Waals surface area contributed by atoms with E-state index >= 15 is 0 Å². The van der Waals surface area contributed by atoms with Gasteiger partial charge in [0.15, 0.2) is 5.82 Å². The molecule has 1 aliphatic heterocycles. The molecule has 1 aliphatic rings. The first kappa shape index (κ1) is 21.9. The van der Waals surface area contributed by atoms with E-state index in [1.54, 1.807) is 18.4 Å². The summed E-state index contributed by atoms with van der Waals surface area (Å²) >= 11 is 1.66. The van der Waals surface area contributed by atoms with Gasteiger partial charge in [-0.1, -0.05) is 0 Å². The molecule has 0 atom stereocenters. The van der Waals surface area contributed by atoms with Crippen molar-refractivity contribution in [2.24, 2.45) is 0 Å². The molecule has 6 nitrogen and oxygen atoms in total. The van der Waals surface area contributed by atoms with Crippen molar-refractivity contribution in [3.8, 4) is 11.3 Å². The lowest BCUT2D eigenvalue weighted by molar-refractivity contribution is -0.134. The third-order valence-electron chi connectivity index (χ3n) is 5.01. The van der Waals surface area contributed by atoms with E-state index in [-0.39, 0.29) is 6.42 Å². The Labute approximate surface area is 183 Å². The molecule has 0 saturated carbocycles. The number of fused-ring (bicyclic) bond motifs is 1. The number of aryl methyl sites for hydroxylation is 1. The Morgan fingerprint density at radius 1 is 1.13 bits per heavy atom. The second-order valence-electron chi connectivity index (χ2n) is 7.63. The lowest BCUT2D eigenvalue weighted by atomic mass is 10.1. The molecule has 0 unspecified atom stereocenters. The van der Waals surface area contributed by atoms with Gasteiger partial charge in [-0.05, 0) is 44.8 Å². The van der Waals surface area contributed by atoms with Gasteiger partial charge in [-0.3, -0.25) is 4.98 Å². The van der Waals surface area contributed by atoms with E-state index in [1.807, 2.05) is 42.7 Å². The van der Waals surface area contributed by atoms with E-state index in [4.69, 9.17) is 4.42 Å². The quantitative estimate of drug-likeness (QED) is 0.507. The van der Waals surface area contributed by atoms with Crippen molar-refractivity contribution in [1.29, 1.82) is 0 Å². The van der Waals surface area contributed by atoms with Crippen LogP contribution < -0.4 is 4.90 Å². The molecule has 0 bridgehead atoms. The van der Waals surface area contributed by atoms with Crippen molar-refractivity contribution in [1.82, 2.24) is 18.6 Å². The van der Waals surface area contributed by atoms with Gasteiger partial charge in [-0.15, -0.1) is 0 Å². The predicted molar refractivity (Wildman–Crippen MR) is 117 cm³/mol. The number of piperazine rings is 1. The summed E-state index contributed by atoms with van der Waals surface area (Å²) in [5, 5.41) is 0.943. The predicted octanol–water partition coefficient (Wildman–Crippen LogP) is 4.63. The minimum absolute atomic E-state index is 0.180. The van der Waals surface area contributed by atoms with Crippen molar-refractivity contribution < 1.29 is 17.6 Å². The lowest BCUT2D eigenvalue weighted by Crippen LogP contribution is -2.45. The van der Waals surface area contributed by atoms with Gasteiger partial charge >= 0.3 is 6.18 Å². The molecule has 0 amide bonds. The van der Waals surface area contributed by atoms with E-state index < -0.39 is 12.6 Å². The van der Waals surface area contributed by atoms with Crippen LogP contribution in [0.3, 0.4) is 0 Å². The van der Waals surface area contributed by atoms with E-state index in [9.17, 15) is 13.2 Å². The summed E-state index contributed by atoms with van der Waals surface area (Å²) in [7, 11) is 3.99. The second-order valence-corrected chi connectivity index (χ2v) is 9.04. The van der Waals surface area contributed by atoms with E-state index in [0.717, 1.165) is 42.7 Å². The molecule has 31 heavy (non-hydrogen) atoms. The maximum absolute atomic E-state index is 12.7. The summed E-state index contributed by atoms with van der Waals surface area (Å²) in [6, 6.07) is 7.63. The molecule has 0 aliphatic carbocycles. The Bertz CT molecular complexity index is 1030. The Balaban J connectivity index is 1.64. The number of halogens is 3. The summed E-state index contributed by atoms with van der Waals surface area (Å²) in [6.45, 7) is 3.08. The highest BCUT2D eigenvalue weighted by Crippen LogP contribution is 2.32. The average molecular weight is 452 g/mol. The van der Waals surface area contributed by atoms with Gasteiger partial charge in [0, 0.05) is 61.9 Å². The fraction of sp³-hybridized carbons (Fsp3) is 0.429. The molecule has 1 saturated heterocycles. The van der Waals surface area contributed by atoms with Crippen LogP contribution in [0.25, 0.3) is 22.2 Å². The SMILES string of the molecule is CN(C)SN1CCN(c2nc(CCC(F)(F)F)cnc2-c2ccc3occc3c2)CC1. The molecule has 2 aromatic heterocycles. The van der Waals surface area contributed by atoms with Crippen LogP contribution in [0.1, 0.15) is 12.1 Å². The summed E-state index contributed by atoms with van der Waals surface area (Å²) in [4.78, 5) is 11.3. The van der Waals surface area contributed by atoms with Gasteiger partial charge in [0.2, 0.25) is 0 Å². The number of hydrogen-bond donors (Lipinski definition) is 0. The van der Waals surface area contributed by atoms with Crippen molar-refractivity contribution in [2.45, 2.75) is 19.0 Å². The van der Waals surface area contributed by atoms with Crippen LogP contribution in [0.2, 0.25) is 0 Å². The van der Waals surface area contributed by atoms with Crippen molar-refractivity contribution in [3.05, 3.63) is 42.4 Å². The Hall–Kier alpha value is -2.30. The number of furan rings is 1. The molecule has 3 aromatic rings. The smallest absolute Gasteiger partial charge is 0.389 e. The molecule has 0 spiro atoms. The number of anilines is 1. The van der Waals surface area contributed by atoms with E-state index in [0.29, 0.717) is 17.2 Å². The minimum Gasteiger partial charge on any atom is -0.464 e. The first-order valence-corrected chi connectivity index (χ1v) is 10.8. The van der Waals surface area contributed by atoms with E-state index in [2.05, 4.69) is 19.2 Å². The third kappa shape index (κ3) is 5.50. The number of rotatable bonds is 6. The number of benzene rings is 1. The lowest BCUT2D eigenvalue weighted by Gasteiger charge is -2.36. The summed E-state index contributed by atoms with van der Waals surface area (Å²) in [6.07, 6.45) is -2.22. The maximum Gasteiger partial charge on any atom is 0.389 e. The highest BCUT2D eigenvalue weighted by molar-refractivity contribution is 7.94. The molecule has 1 fully saturated rings. The molecule has 3 heterocycles. The fourth-order valence-electron chi connectivity index (χ4n) is 3.56. The van der Waals surface area contributed by atoms with Crippen molar-refractivity contribution >= 4 is 28.9 Å². The zero-order chi connectivity index (χ0) is 22.0. The van der Waals surface area contributed by atoms with Gasteiger partial charge in [0.1, 0.15) is 11.3 Å². The normalized spacial score (nSPS) is 15.9. The number of alkyl halides is 3. The van der Waals surface area contributed by atoms with Crippen LogP contribution in [-0.2, 0) is 6.42 Å². The summed E-state index contributed by atoms with van der Waals surface area (Å²) in [5.74, 6) is 0.636. The van der Waals surface area contributed by atoms with Gasteiger partial charge < -0.3 is 9.32 Å². The highest BCUT2D eigenvalue weighted by atomic mass is 32.2. The van der Waals surface area contributed by atoms with E-state index in [1.165, 1.54) is 6.20 Å². The van der Waals surface area contributed by atoms with Crippen LogP contribution in [0.4, 0.5) is 19.0 Å². The zero-order valence-electron chi connectivity index (χ0n) is 17.4. The molecule has 0 radical (unpaired) electrons. The zero-order valence-corrected chi connectivity index (χ0v) is 18.2. The van der Waals surface area contributed by atoms with Gasteiger partial charge in [-0.25, -0.2) is 13.6 Å².